The summed E-state index contributed by atoms with van der Waals surface area (Å²) < 4.78 is 4.80. The van der Waals surface area contributed by atoms with Crippen LogP contribution in [0.3, 0.4) is 0 Å². The van der Waals surface area contributed by atoms with Crippen LogP contribution < -0.4 is 5.73 Å². The van der Waals surface area contributed by atoms with Crippen LogP contribution in [0.5, 0.6) is 0 Å². The molecule has 1 rings (SSSR count). The molecule has 0 aromatic rings. The molecule has 1 aliphatic rings. The van der Waals surface area contributed by atoms with E-state index >= 15 is 0 Å². The van der Waals surface area contributed by atoms with E-state index in [-0.39, 0.29) is 0 Å². The summed E-state index contributed by atoms with van der Waals surface area (Å²) in [7, 11) is 0. The van der Waals surface area contributed by atoms with E-state index in [0.29, 0.717) is 0 Å². The summed E-state index contributed by atoms with van der Waals surface area (Å²) in [6.45, 7) is -0.446. The quantitative estimate of drug-likeness (QED) is 0.288. The third-order valence-electron chi connectivity index (χ3n) is 1.93. The highest BCUT2D eigenvalue weighted by molar-refractivity contribution is 4.89. The predicted octanol–water partition coefficient (Wildman–Crippen LogP) is -3.25. The number of hydrogen-bond donors (Lipinski definition) is 5. The molecule has 0 spiro atoms. The lowest BCUT2D eigenvalue weighted by Crippen LogP contribution is -2.61. The van der Waals surface area contributed by atoms with E-state index < -0.39 is 37.3 Å². The minimum absolute atomic E-state index is 0.446. The first-order chi connectivity index (χ1) is 5.57. The Bertz CT molecular complexity index is 150. The summed E-state index contributed by atoms with van der Waals surface area (Å²) in [5.41, 5.74) is 5.24. The molecular weight excluding hydrogens is 166 g/mol. The highest BCUT2D eigenvalue weighted by Crippen LogP contribution is 2.17. The van der Waals surface area contributed by atoms with Crippen LogP contribution in [0.1, 0.15) is 0 Å². The van der Waals surface area contributed by atoms with Gasteiger partial charge < -0.3 is 30.9 Å². The van der Waals surface area contributed by atoms with Gasteiger partial charge in [-0.1, -0.05) is 0 Å². The highest BCUT2D eigenvalue weighted by Gasteiger charge is 2.41. The molecule has 0 aromatic carbocycles. The maximum Gasteiger partial charge on any atom is 0.135 e. The molecule has 6 nitrogen and oxygen atoms in total. The average Bonchev–Trinajstić information content (AvgIpc) is 2.08. The van der Waals surface area contributed by atoms with Crippen molar-refractivity contribution in [3.05, 3.63) is 0 Å². The first kappa shape index (κ1) is 9.85. The van der Waals surface area contributed by atoms with Crippen molar-refractivity contribution in [3.8, 4) is 0 Å². The van der Waals surface area contributed by atoms with Crippen molar-refractivity contribution in [3.63, 3.8) is 0 Å². The zero-order valence-electron chi connectivity index (χ0n) is 6.37. The molecule has 12 heavy (non-hydrogen) atoms. The van der Waals surface area contributed by atoms with Crippen molar-refractivity contribution >= 4 is 0 Å². The molecule has 1 fully saturated rings. The Balaban J connectivity index is 2.63. The smallest absolute Gasteiger partial charge is 0.135 e. The van der Waals surface area contributed by atoms with Crippen LogP contribution in [0.2, 0.25) is 0 Å². The fraction of sp³-hybridized carbons (Fsp3) is 1.00. The monoisotopic (exact) mass is 179 g/mol. The van der Waals surface area contributed by atoms with Crippen molar-refractivity contribution in [1.29, 1.82) is 0 Å². The van der Waals surface area contributed by atoms with Crippen LogP contribution in [0.4, 0.5) is 0 Å². The van der Waals surface area contributed by atoms with Gasteiger partial charge in [-0.2, -0.15) is 0 Å². The van der Waals surface area contributed by atoms with Crippen LogP contribution in [-0.2, 0) is 4.74 Å². The van der Waals surface area contributed by atoms with Crippen molar-refractivity contribution in [2.45, 2.75) is 30.6 Å². The largest absolute Gasteiger partial charge is 0.394 e. The van der Waals surface area contributed by atoms with Crippen LogP contribution in [0.15, 0.2) is 0 Å². The summed E-state index contributed by atoms with van der Waals surface area (Å²) in [6.07, 6.45) is -5.99. The standard InChI is InChI=1S/C6H13NO5/c7-6-5(11)4(10)3(9)2(1-8)12-6/h2-6,8-11H,1,7H2/t2-,3-,4+,5-,6-/m1/s1. The Morgan fingerprint density at radius 1 is 1.08 bits per heavy atom. The van der Waals surface area contributed by atoms with Crippen molar-refractivity contribution < 1.29 is 25.2 Å². The lowest BCUT2D eigenvalue weighted by molar-refractivity contribution is -0.227. The van der Waals surface area contributed by atoms with Crippen molar-refractivity contribution in [1.82, 2.24) is 0 Å². The van der Waals surface area contributed by atoms with E-state index in [1.165, 1.54) is 0 Å². The number of hydrogen-bond acceptors (Lipinski definition) is 6. The number of aliphatic hydroxyl groups excluding tert-OH is 4. The highest BCUT2D eigenvalue weighted by atomic mass is 16.6. The Morgan fingerprint density at radius 3 is 2.17 bits per heavy atom. The van der Waals surface area contributed by atoms with Crippen LogP contribution >= 0.6 is 0 Å². The van der Waals surface area contributed by atoms with Crippen LogP contribution in [0.25, 0.3) is 0 Å². The minimum atomic E-state index is -1.37. The minimum Gasteiger partial charge on any atom is -0.394 e. The molecular formula is C6H13NO5. The summed E-state index contributed by atoms with van der Waals surface area (Å²) >= 11 is 0. The molecule has 0 aliphatic carbocycles. The van der Waals surface area contributed by atoms with E-state index in [1.54, 1.807) is 0 Å². The number of nitrogens with two attached hydrogens (primary N) is 1. The van der Waals surface area contributed by atoms with Crippen molar-refractivity contribution in [2.75, 3.05) is 6.61 Å². The molecule has 1 aliphatic heterocycles. The first-order valence-corrected chi connectivity index (χ1v) is 3.64. The molecule has 1 heterocycles. The van der Waals surface area contributed by atoms with Gasteiger partial charge in [0.2, 0.25) is 0 Å². The zero-order chi connectivity index (χ0) is 9.30. The lowest BCUT2D eigenvalue weighted by Gasteiger charge is -2.38. The zero-order valence-corrected chi connectivity index (χ0v) is 6.37. The van der Waals surface area contributed by atoms with Crippen molar-refractivity contribution in [2.24, 2.45) is 5.73 Å². The van der Waals surface area contributed by atoms with Crippen LogP contribution in [0, 0.1) is 0 Å². The Morgan fingerprint density at radius 2 is 1.67 bits per heavy atom. The van der Waals surface area contributed by atoms with Crippen LogP contribution in [-0.4, -0.2) is 57.7 Å². The number of aliphatic hydroxyl groups is 4. The lowest BCUT2D eigenvalue weighted by atomic mass is 9.99. The fourth-order valence-corrected chi connectivity index (χ4v) is 1.13. The maximum atomic E-state index is 9.18. The molecule has 0 amide bonds. The normalized spacial score (nSPS) is 49.2. The predicted molar refractivity (Wildman–Crippen MR) is 38.0 cm³/mol. The number of ether oxygens (including phenoxy) is 1. The summed E-state index contributed by atoms with van der Waals surface area (Å²) in [4.78, 5) is 0. The van der Waals surface area contributed by atoms with E-state index in [2.05, 4.69) is 0 Å². The number of rotatable bonds is 1. The van der Waals surface area contributed by atoms with Gasteiger partial charge in [-0.15, -0.1) is 0 Å². The summed E-state index contributed by atoms with van der Waals surface area (Å²) in [5.74, 6) is 0. The van der Waals surface area contributed by atoms with Gasteiger partial charge in [-0.25, -0.2) is 0 Å². The molecule has 0 aromatic heterocycles. The van der Waals surface area contributed by atoms with Gasteiger partial charge in [0.25, 0.3) is 0 Å². The molecule has 0 bridgehead atoms. The molecule has 0 saturated carbocycles. The summed E-state index contributed by atoms with van der Waals surface area (Å²) in [6, 6.07) is 0. The average molecular weight is 179 g/mol. The maximum absolute atomic E-state index is 9.18. The van der Waals surface area contributed by atoms with Gasteiger partial charge in [-0.05, 0) is 0 Å². The Hall–Kier alpha value is -0.240. The third kappa shape index (κ3) is 1.58. The molecule has 6 N–H and O–H groups in total. The molecule has 0 unspecified atom stereocenters. The van der Waals surface area contributed by atoms with E-state index in [0.717, 1.165) is 0 Å². The second-order valence-electron chi connectivity index (χ2n) is 2.79. The van der Waals surface area contributed by atoms with E-state index in [1.807, 2.05) is 0 Å². The van der Waals surface area contributed by atoms with E-state index in [4.69, 9.17) is 25.8 Å². The third-order valence-corrected chi connectivity index (χ3v) is 1.93. The van der Waals surface area contributed by atoms with Gasteiger partial charge in [0.15, 0.2) is 0 Å². The first-order valence-electron chi connectivity index (χ1n) is 3.64. The Labute approximate surface area is 69.2 Å². The van der Waals surface area contributed by atoms with E-state index in [9.17, 15) is 5.11 Å². The Kier molecular flexibility index (Phi) is 2.99. The molecule has 6 heteroatoms. The van der Waals surface area contributed by atoms with Gasteiger partial charge in [-0.3, -0.25) is 0 Å². The SMILES string of the molecule is N[C@@H]1O[C@H](CO)[C@@H](O)[C@H](O)[C@H]1O. The fourth-order valence-electron chi connectivity index (χ4n) is 1.13. The second-order valence-corrected chi connectivity index (χ2v) is 2.79. The van der Waals surface area contributed by atoms with Gasteiger partial charge >= 0.3 is 0 Å². The van der Waals surface area contributed by atoms with Gasteiger partial charge in [0.05, 0.1) is 6.61 Å². The molecule has 1 saturated heterocycles. The molecule has 0 radical (unpaired) electrons. The second kappa shape index (κ2) is 3.65. The molecule has 5 atom stereocenters. The summed E-state index contributed by atoms with van der Waals surface area (Å²) in [5, 5.41) is 36.1. The van der Waals surface area contributed by atoms with Gasteiger partial charge in [0, 0.05) is 0 Å². The topological polar surface area (TPSA) is 116 Å². The molecule has 72 valence electrons. The van der Waals surface area contributed by atoms with Gasteiger partial charge in [0.1, 0.15) is 30.6 Å².